The van der Waals surface area contributed by atoms with Crippen molar-refractivity contribution in [2.45, 2.75) is 79.1 Å². The summed E-state index contributed by atoms with van der Waals surface area (Å²) < 4.78 is 0. The van der Waals surface area contributed by atoms with Gasteiger partial charge in [0.2, 0.25) is 0 Å². The molecule has 1 aliphatic rings. The van der Waals surface area contributed by atoms with E-state index in [2.05, 4.69) is 132 Å². The van der Waals surface area contributed by atoms with Crippen LogP contribution in [0.4, 0.5) is 11.4 Å². The number of para-hydroxylation sites is 2. The van der Waals surface area contributed by atoms with Crippen molar-refractivity contribution in [3.05, 3.63) is 101 Å². The molecule has 0 atom stereocenters. The molecule has 9 heteroatoms. The van der Waals surface area contributed by atoms with Crippen LogP contribution in [-0.2, 0) is 28.7 Å². The Labute approximate surface area is 289 Å². The van der Waals surface area contributed by atoms with Gasteiger partial charge in [-0.3, -0.25) is 4.98 Å². The van der Waals surface area contributed by atoms with Crippen molar-refractivity contribution in [3.8, 4) is 0 Å². The molecule has 234 valence electrons. The predicted molar refractivity (Wildman–Crippen MR) is 183 cm³/mol. The summed E-state index contributed by atoms with van der Waals surface area (Å²) in [6.45, 7) is 19.2. The van der Waals surface area contributed by atoms with E-state index in [1.165, 1.54) is 33.6 Å². The van der Waals surface area contributed by atoms with Gasteiger partial charge in [-0.2, -0.15) is 0 Å². The molecule has 4 rings (SSSR count). The number of hydrogen-bond acceptors (Lipinski definition) is 3. The number of anilines is 2. The maximum atomic E-state index is 5.48. The van der Waals surface area contributed by atoms with Crippen LogP contribution in [0.2, 0.25) is 5.02 Å². The van der Waals surface area contributed by atoms with Crippen molar-refractivity contribution >= 4 is 62.4 Å². The molecule has 2 heterocycles. The van der Waals surface area contributed by atoms with Crippen LogP contribution >= 0.6 is 51.0 Å². The zero-order chi connectivity index (χ0) is 31.1. The summed E-state index contributed by atoms with van der Waals surface area (Å²) in [6.07, 6.45) is 7.83. The van der Waals surface area contributed by atoms with Gasteiger partial charge in [-0.15, -0.1) is 0 Å². The summed E-state index contributed by atoms with van der Waals surface area (Å²) >= 11 is 11.2. The summed E-state index contributed by atoms with van der Waals surface area (Å²) in [4.78, 5) is 8.65. The number of nitrogens with zero attached hydrogens (tertiary/aromatic N) is 3. The Morgan fingerprint density at radius 1 is 0.683 bits per heavy atom. The number of pyridine rings is 1. The fraction of sp³-hybridized carbons (Fsp3) is 0.406. The van der Waals surface area contributed by atoms with Crippen LogP contribution in [0.3, 0.4) is 0 Å². The number of halogens is 4. The Kier molecular flexibility index (Phi) is 19.5. The molecule has 0 spiro atoms. The van der Waals surface area contributed by atoms with Crippen molar-refractivity contribution in [1.82, 2.24) is 4.98 Å². The van der Waals surface area contributed by atoms with Gasteiger partial charge in [0.05, 0.1) is 11.7 Å². The van der Waals surface area contributed by atoms with Crippen LogP contribution in [0, 0.1) is 0 Å². The molecule has 0 aliphatic carbocycles. The third-order valence-corrected chi connectivity index (χ3v) is 6.84. The van der Waals surface area contributed by atoms with Crippen molar-refractivity contribution in [1.29, 1.82) is 0 Å². The second-order valence-corrected chi connectivity index (χ2v) is 13.6. The number of benzene rings is 2. The Balaban J connectivity index is 0.000000588. The molecule has 0 saturated heterocycles. The van der Waals surface area contributed by atoms with Gasteiger partial charge in [0.25, 0.3) is 0 Å². The summed E-state index contributed by atoms with van der Waals surface area (Å²) in [5.74, 6) is 2.00. The summed E-state index contributed by atoms with van der Waals surface area (Å²) in [5, 5.41) is 0.683. The molecule has 1 aliphatic heterocycles. The second-order valence-electron chi connectivity index (χ2n) is 10.8. The van der Waals surface area contributed by atoms with E-state index < -0.39 is 0 Å². The van der Waals surface area contributed by atoms with Crippen LogP contribution in [0.1, 0.15) is 101 Å². The quantitative estimate of drug-likeness (QED) is 0.182. The van der Waals surface area contributed by atoms with Crippen LogP contribution in [0.25, 0.3) is 0 Å². The van der Waals surface area contributed by atoms with Gasteiger partial charge in [-0.1, -0.05) is 103 Å². The fourth-order valence-electron chi connectivity index (χ4n) is 4.74. The molecular weight excluding hydrogens is 830 g/mol. The Bertz CT molecular complexity index is 1070. The minimum absolute atomic E-state index is 0.106. The van der Waals surface area contributed by atoms with E-state index >= 15 is 0 Å². The van der Waals surface area contributed by atoms with Crippen molar-refractivity contribution < 1.29 is 28.7 Å². The van der Waals surface area contributed by atoms with Gasteiger partial charge in [-0.25, -0.2) is 0 Å². The van der Waals surface area contributed by atoms with E-state index in [0.717, 1.165) is 6.67 Å². The van der Waals surface area contributed by atoms with E-state index in [4.69, 9.17) is 30.7 Å². The predicted octanol–water partition coefficient (Wildman–Crippen LogP) is 11.9. The summed E-state index contributed by atoms with van der Waals surface area (Å²) in [7, 11) is 9.63. The minimum atomic E-state index is -0.106. The van der Waals surface area contributed by atoms with Gasteiger partial charge < -0.3 is 9.80 Å². The molecular formula is C32H42Cl3CuIN3Pd. The van der Waals surface area contributed by atoms with Crippen molar-refractivity contribution in [2.24, 2.45) is 0 Å². The molecule has 3 aromatic rings. The topological polar surface area (TPSA) is 19.4 Å². The number of hydrogen-bond donors (Lipinski definition) is 0. The first-order valence-corrected chi connectivity index (χ1v) is 20.9. The van der Waals surface area contributed by atoms with Crippen LogP contribution in [0.5, 0.6) is 0 Å². The Hall–Kier alpha value is -0.288. The van der Waals surface area contributed by atoms with Crippen LogP contribution in [0.15, 0.2) is 73.3 Å². The number of rotatable bonds is 6. The average Bonchev–Trinajstić information content (AvgIpc) is 3.44. The molecule has 1 aromatic heterocycles. The molecule has 41 heavy (non-hydrogen) atoms. The van der Waals surface area contributed by atoms with Crippen molar-refractivity contribution in [3.63, 3.8) is 0 Å². The van der Waals surface area contributed by atoms with E-state index in [-0.39, 0.29) is 15.9 Å². The van der Waals surface area contributed by atoms with Gasteiger partial charge in [-0.05, 0) is 58.1 Å². The molecule has 0 radical (unpaired) electrons. The fourth-order valence-corrected chi connectivity index (χ4v) is 4.87. The van der Waals surface area contributed by atoms with E-state index in [9.17, 15) is 0 Å². The molecule has 0 fully saturated rings. The Morgan fingerprint density at radius 3 is 1.24 bits per heavy atom. The van der Waals surface area contributed by atoms with Gasteiger partial charge in [0.1, 0.15) is 0 Å². The van der Waals surface area contributed by atoms with E-state index in [1.54, 1.807) is 44.9 Å². The summed E-state index contributed by atoms with van der Waals surface area (Å²) in [5.41, 5.74) is 8.52. The van der Waals surface area contributed by atoms with E-state index in [1.807, 2.05) is 0 Å². The first-order chi connectivity index (χ1) is 19.5. The third kappa shape index (κ3) is 12.0. The van der Waals surface area contributed by atoms with E-state index in [0.29, 0.717) is 28.7 Å². The SMILES string of the molecule is CC(C)c1cccc(C(C)C)c1N1C=CN(c2c(C(C)C)cccc2C(C)C)C1.Clc1cccnc1.[Cl][Pd][Cl].[Cu][I]. The maximum absolute atomic E-state index is 5.48. The standard InChI is InChI=1S/C27H38N2.C5H4ClN.2ClH.Cu.HI.Pd/c1-18(2)22-11-9-12-23(19(3)4)26(22)28-15-16-29(17-28)27-24(20(5)6)13-10-14-25(27)21(7)8;6-5-2-1-3-7-4-5;;;;;/h9-16,18-21H,17H2,1-8H3;1-4H;2*1H;;1H;/q;;;;+1;;+2/p-3. The second kappa shape index (κ2) is 20.6. The molecule has 0 amide bonds. The first-order valence-electron chi connectivity index (χ1n) is 13.5. The normalized spacial score (nSPS) is 12.3. The molecule has 0 unspecified atom stereocenters. The zero-order valence-corrected chi connectivity index (χ0v) is 31.8. The Morgan fingerprint density at radius 2 is 1.02 bits per heavy atom. The average molecular weight is 872 g/mol. The first kappa shape index (κ1) is 38.7. The molecule has 0 bridgehead atoms. The molecule has 3 nitrogen and oxygen atoms in total. The molecule has 2 aromatic carbocycles. The van der Waals surface area contributed by atoms with Crippen LogP contribution in [-0.4, -0.2) is 11.7 Å². The number of aromatic nitrogens is 1. The monoisotopic (exact) mass is 869 g/mol. The van der Waals surface area contributed by atoms with Gasteiger partial charge in [0, 0.05) is 36.2 Å². The molecule has 0 N–H and O–H groups in total. The molecule has 0 saturated carbocycles. The van der Waals surface area contributed by atoms with Gasteiger partial charge >= 0.3 is 68.1 Å². The van der Waals surface area contributed by atoms with Crippen molar-refractivity contribution in [2.75, 3.05) is 16.5 Å². The zero-order valence-electron chi connectivity index (χ0n) is 24.9. The third-order valence-electron chi connectivity index (χ3n) is 6.62. The van der Waals surface area contributed by atoms with Crippen LogP contribution < -0.4 is 9.80 Å². The summed E-state index contributed by atoms with van der Waals surface area (Å²) in [6, 6.07) is 17.2. The van der Waals surface area contributed by atoms with Gasteiger partial charge in [0.15, 0.2) is 0 Å².